The monoisotopic (exact) mass is 370 g/mol. The fourth-order valence-electron chi connectivity index (χ4n) is 3.76. The van der Waals surface area contributed by atoms with Crippen LogP contribution in [0.5, 0.6) is 0 Å². The van der Waals surface area contributed by atoms with Gasteiger partial charge in [-0.15, -0.1) is 0 Å². The van der Waals surface area contributed by atoms with E-state index in [0.717, 1.165) is 22.2 Å². The van der Waals surface area contributed by atoms with Crippen LogP contribution in [-0.4, -0.2) is 41.9 Å². The Bertz CT molecular complexity index is 1040. The molecule has 6 nitrogen and oxygen atoms in total. The van der Waals surface area contributed by atoms with Crippen molar-refractivity contribution in [3.05, 3.63) is 60.0 Å². The Morgan fingerprint density at radius 2 is 2.00 bits per heavy atom. The van der Waals surface area contributed by atoms with Gasteiger partial charge < -0.3 is 9.88 Å². The zero-order chi connectivity index (χ0) is 18.3. The van der Waals surface area contributed by atoms with Crippen molar-refractivity contribution >= 4 is 20.9 Å². The summed E-state index contributed by atoms with van der Waals surface area (Å²) in [5.74, 6) is 0. The SMILES string of the molecule is Cc1c(S(=O)(=O)N2CCNCC2c2cccnc2)c2ccccc2n1C. The van der Waals surface area contributed by atoms with Gasteiger partial charge in [-0.25, -0.2) is 8.42 Å². The maximum atomic E-state index is 13.7. The average Bonchev–Trinajstić information content (AvgIpc) is 2.94. The number of para-hydroxylation sites is 1. The zero-order valence-electron chi connectivity index (χ0n) is 14.9. The van der Waals surface area contributed by atoms with Crippen molar-refractivity contribution < 1.29 is 8.42 Å². The molecule has 0 radical (unpaired) electrons. The molecule has 1 N–H and O–H groups in total. The second-order valence-corrected chi connectivity index (χ2v) is 8.44. The number of rotatable bonds is 3. The lowest BCUT2D eigenvalue weighted by molar-refractivity contribution is 0.271. The maximum Gasteiger partial charge on any atom is 0.246 e. The van der Waals surface area contributed by atoms with Gasteiger partial charge in [0.2, 0.25) is 10.0 Å². The number of fused-ring (bicyclic) bond motifs is 1. The number of nitrogens with zero attached hydrogens (tertiary/aromatic N) is 3. The molecule has 4 rings (SSSR count). The van der Waals surface area contributed by atoms with Gasteiger partial charge in [-0.3, -0.25) is 4.98 Å². The third kappa shape index (κ3) is 2.63. The Morgan fingerprint density at radius 3 is 2.77 bits per heavy atom. The van der Waals surface area contributed by atoms with Crippen LogP contribution in [-0.2, 0) is 17.1 Å². The Balaban J connectivity index is 1.87. The highest BCUT2D eigenvalue weighted by molar-refractivity contribution is 7.89. The van der Waals surface area contributed by atoms with Crippen LogP contribution >= 0.6 is 0 Å². The molecule has 1 aliphatic heterocycles. The smallest absolute Gasteiger partial charge is 0.246 e. The summed E-state index contributed by atoms with van der Waals surface area (Å²) in [6.45, 7) is 3.52. The second kappa shape index (κ2) is 6.50. The molecule has 3 heterocycles. The van der Waals surface area contributed by atoms with E-state index in [2.05, 4.69) is 10.3 Å². The summed E-state index contributed by atoms with van der Waals surface area (Å²) in [5.41, 5.74) is 2.59. The first-order valence-corrected chi connectivity index (χ1v) is 10.1. The first kappa shape index (κ1) is 17.2. The largest absolute Gasteiger partial charge is 0.347 e. The molecule has 2 aromatic heterocycles. The molecule has 3 aromatic rings. The Labute approximate surface area is 153 Å². The van der Waals surface area contributed by atoms with Gasteiger partial charge in [0, 0.05) is 55.7 Å². The number of hydrogen-bond donors (Lipinski definition) is 1. The summed E-state index contributed by atoms with van der Waals surface area (Å²) >= 11 is 0. The van der Waals surface area contributed by atoms with Crippen LogP contribution in [0.25, 0.3) is 10.9 Å². The van der Waals surface area contributed by atoms with Crippen molar-refractivity contribution in [2.24, 2.45) is 7.05 Å². The predicted octanol–water partition coefficient (Wildman–Crippen LogP) is 2.22. The molecule has 1 aromatic carbocycles. The number of hydrogen-bond acceptors (Lipinski definition) is 4. The fraction of sp³-hybridized carbons (Fsp3) is 0.316. The molecular formula is C19H22N4O2S. The summed E-state index contributed by atoms with van der Waals surface area (Å²) in [7, 11) is -1.74. The van der Waals surface area contributed by atoms with E-state index in [9.17, 15) is 8.42 Å². The summed E-state index contributed by atoms with van der Waals surface area (Å²) in [6, 6.07) is 11.2. The molecule has 26 heavy (non-hydrogen) atoms. The van der Waals surface area contributed by atoms with E-state index in [4.69, 9.17) is 0 Å². The van der Waals surface area contributed by atoms with Crippen LogP contribution in [0.2, 0.25) is 0 Å². The first-order valence-electron chi connectivity index (χ1n) is 8.68. The normalized spacial score (nSPS) is 19.1. The minimum Gasteiger partial charge on any atom is -0.347 e. The van der Waals surface area contributed by atoms with E-state index < -0.39 is 10.0 Å². The maximum absolute atomic E-state index is 13.7. The van der Waals surface area contributed by atoms with Crippen LogP contribution in [0.4, 0.5) is 0 Å². The molecule has 136 valence electrons. The molecule has 0 bridgehead atoms. The van der Waals surface area contributed by atoms with Crippen molar-refractivity contribution in [2.75, 3.05) is 19.6 Å². The molecular weight excluding hydrogens is 348 g/mol. The standard InChI is InChI=1S/C19H22N4O2S/c1-14-19(16-7-3-4-8-17(16)22(14)2)26(24,25)23-11-10-21-13-18(23)15-6-5-9-20-12-15/h3-9,12,18,21H,10-11,13H2,1-2H3. The number of pyridine rings is 1. The molecule has 7 heteroatoms. The average molecular weight is 370 g/mol. The number of nitrogens with one attached hydrogen (secondary N) is 1. The van der Waals surface area contributed by atoms with Gasteiger partial charge in [0.1, 0.15) is 4.90 Å². The van der Waals surface area contributed by atoms with E-state index in [1.54, 1.807) is 16.7 Å². The van der Waals surface area contributed by atoms with Crippen LogP contribution < -0.4 is 5.32 Å². The van der Waals surface area contributed by atoms with Crippen LogP contribution in [0.3, 0.4) is 0 Å². The van der Waals surface area contributed by atoms with Crippen LogP contribution in [0.15, 0.2) is 53.7 Å². The van der Waals surface area contributed by atoms with E-state index in [0.29, 0.717) is 24.5 Å². The molecule has 1 saturated heterocycles. The van der Waals surface area contributed by atoms with Gasteiger partial charge in [-0.1, -0.05) is 24.3 Å². The molecule has 0 saturated carbocycles. The number of aromatic nitrogens is 2. The molecule has 1 atom stereocenters. The molecule has 0 aliphatic carbocycles. The highest BCUT2D eigenvalue weighted by Gasteiger charge is 2.37. The lowest BCUT2D eigenvalue weighted by Gasteiger charge is -2.35. The highest BCUT2D eigenvalue weighted by atomic mass is 32.2. The van der Waals surface area contributed by atoms with E-state index >= 15 is 0 Å². The lowest BCUT2D eigenvalue weighted by Crippen LogP contribution is -2.48. The molecule has 0 amide bonds. The number of benzene rings is 1. The topological polar surface area (TPSA) is 67.2 Å². The third-order valence-corrected chi connectivity index (χ3v) is 7.26. The number of piperazine rings is 1. The minimum atomic E-state index is -3.65. The quantitative estimate of drug-likeness (QED) is 0.768. The van der Waals surface area contributed by atoms with Gasteiger partial charge in [0.05, 0.1) is 6.04 Å². The Kier molecular flexibility index (Phi) is 4.30. The predicted molar refractivity (Wildman–Crippen MR) is 101 cm³/mol. The van der Waals surface area contributed by atoms with Gasteiger partial charge in [0.15, 0.2) is 0 Å². The van der Waals surface area contributed by atoms with Gasteiger partial charge in [-0.2, -0.15) is 4.31 Å². The second-order valence-electron chi connectivity index (χ2n) is 6.61. The molecule has 0 spiro atoms. The zero-order valence-corrected chi connectivity index (χ0v) is 15.7. The van der Waals surface area contributed by atoms with Gasteiger partial charge in [0.25, 0.3) is 0 Å². The number of aryl methyl sites for hydroxylation is 1. The minimum absolute atomic E-state index is 0.263. The van der Waals surface area contributed by atoms with E-state index in [1.165, 1.54) is 0 Å². The first-order chi connectivity index (χ1) is 12.5. The lowest BCUT2D eigenvalue weighted by atomic mass is 10.1. The molecule has 1 unspecified atom stereocenters. The van der Waals surface area contributed by atoms with Crippen LogP contribution in [0.1, 0.15) is 17.3 Å². The van der Waals surface area contributed by atoms with Gasteiger partial charge >= 0.3 is 0 Å². The van der Waals surface area contributed by atoms with Crippen LogP contribution in [0, 0.1) is 6.92 Å². The number of sulfonamides is 1. The molecule has 1 fully saturated rings. The van der Waals surface area contributed by atoms with Crippen molar-refractivity contribution in [3.63, 3.8) is 0 Å². The van der Waals surface area contributed by atoms with Crippen molar-refractivity contribution in [1.82, 2.24) is 19.2 Å². The third-order valence-electron chi connectivity index (χ3n) is 5.17. The van der Waals surface area contributed by atoms with Crippen molar-refractivity contribution in [1.29, 1.82) is 0 Å². The summed E-state index contributed by atoms with van der Waals surface area (Å²) in [4.78, 5) is 4.58. The highest BCUT2D eigenvalue weighted by Crippen LogP contribution is 2.35. The Hall–Kier alpha value is -2.22. The van der Waals surface area contributed by atoms with E-state index in [-0.39, 0.29) is 6.04 Å². The summed E-state index contributed by atoms with van der Waals surface area (Å²) in [5, 5.41) is 4.08. The summed E-state index contributed by atoms with van der Waals surface area (Å²) < 4.78 is 30.9. The fourth-order valence-corrected chi connectivity index (χ4v) is 5.82. The van der Waals surface area contributed by atoms with Crippen molar-refractivity contribution in [3.8, 4) is 0 Å². The summed E-state index contributed by atoms with van der Waals surface area (Å²) in [6.07, 6.45) is 3.45. The van der Waals surface area contributed by atoms with Gasteiger partial charge in [-0.05, 0) is 24.6 Å². The molecule has 1 aliphatic rings. The Morgan fingerprint density at radius 1 is 1.19 bits per heavy atom. The van der Waals surface area contributed by atoms with Crippen molar-refractivity contribution in [2.45, 2.75) is 17.9 Å². The van der Waals surface area contributed by atoms with E-state index in [1.807, 2.05) is 54.9 Å².